The summed E-state index contributed by atoms with van der Waals surface area (Å²) in [7, 11) is 1.87. The van der Waals surface area contributed by atoms with Crippen molar-refractivity contribution in [1.82, 2.24) is 19.7 Å². The summed E-state index contributed by atoms with van der Waals surface area (Å²) < 4.78 is 1.85. The molecule has 0 aliphatic carbocycles. The first-order chi connectivity index (χ1) is 9.02. The van der Waals surface area contributed by atoms with Crippen molar-refractivity contribution in [3.8, 4) is 0 Å². The lowest BCUT2D eigenvalue weighted by molar-refractivity contribution is 0.318. The Morgan fingerprint density at radius 3 is 2.68 bits per heavy atom. The highest BCUT2D eigenvalue weighted by Gasteiger charge is 2.14. The second kappa shape index (κ2) is 5.27. The number of oxime groups is 1. The molecule has 0 aromatic carbocycles. The van der Waals surface area contributed by atoms with E-state index in [0.717, 1.165) is 11.5 Å². The van der Waals surface area contributed by atoms with Gasteiger partial charge in [0.05, 0.1) is 5.56 Å². The standard InChI is InChI=1S/C11H14N6OS/c1-6-4-5-8(9(12)16-18)10(13-6)19-11-15-14-7(2)17(11)3/h4-5,18H,1-3H3,(H2,12,16). The normalized spacial score (nSPS) is 11.8. The first kappa shape index (κ1) is 13.3. The number of rotatable bonds is 3. The lowest BCUT2D eigenvalue weighted by Gasteiger charge is -2.07. The van der Waals surface area contributed by atoms with Crippen LogP contribution < -0.4 is 5.73 Å². The van der Waals surface area contributed by atoms with Gasteiger partial charge < -0.3 is 15.5 Å². The molecule has 0 fully saturated rings. The molecule has 0 atom stereocenters. The lowest BCUT2D eigenvalue weighted by atomic mass is 10.2. The highest BCUT2D eigenvalue weighted by Crippen LogP contribution is 2.27. The summed E-state index contributed by atoms with van der Waals surface area (Å²) in [5, 5.41) is 21.2. The van der Waals surface area contributed by atoms with Crippen LogP contribution in [-0.2, 0) is 7.05 Å². The quantitative estimate of drug-likeness (QED) is 0.377. The van der Waals surface area contributed by atoms with Crippen LogP contribution in [0, 0.1) is 13.8 Å². The van der Waals surface area contributed by atoms with E-state index in [-0.39, 0.29) is 5.84 Å². The van der Waals surface area contributed by atoms with Crippen molar-refractivity contribution in [3.63, 3.8) is 0 Å². The third-order valence-corrected chi connectivity index (χ3v) is 3.67. The molecule has 0 aliphatic rings. The smallest absolute Gasteiger partial charge is 0.197 e. The van der Waals surface area contributed by atoms with Crippen molar-refractivity contribution in [3.05, 3.63) is 29.2 Å². The molecule has 7 nitrogen and oxygen atoms in total. The number of pyridine rings is 1. The number of nitrogens with two attached hydrogens (primary N) is 1. The predicted octanol–water partition coefficient (Wildman–Crippen LogP) is 1.07. The minimum Gasteiger partial charge on any atom is -0.409 e. The summed E-state index contributed by atoms with van der Waals surface area (Å²) in [4.78, 5) is 4.40. The third-order valence-electron chi connectivity index (χ3n) is 2.62. The third kappa shape index (κ3) is 2.68. The second-order valence-electron chi connectivity index (χ2n) is 3.98. The number of hydrogen-bond donors (Lipinski definition) is 2. The first-order valence-electron chi connectivity index (χ1n) is 5.52. The zero-order chi connectivity index (χ0) is 14.0. The van der Waals surface area contributed by atoms with Gasteiger partial charge in [0.2, 0.25) is 0 Å². The minimum absolute atomic E-state index is 0.0221. The Bertz CT molecular complexity index is 636. The molecule has 0 bridgehead atoms. The largest absolute Gasteiger partial charge is 0.409 e. The number of hydrogen-bond acceptors (Lipinski definition) is 6. The Morgan fingerprint density at radius 2 is 2.11 bits per heavy atom. The monoisotopic (exact) mass is 278 g/mol. The van der Waals surface area contributed by atoms with Gasteiger partial charge in [-0.1, -0.05) is 5.16 Å². The Hall–Kier alpha value is -2.09. The Labute approximate surface area is 114 Å². The van der Waals surface area contributed by atoms with Crippen molar-refractivity contribution in [1.29, 1.82) is 0 Å². The Morgan fingerprint density at radius 1 is 1.37 bits per heavy atom. The van der Waals surface area contributed by atoms with E-state index in [2.05, 4.69) is 20.3 Å². The fraction of sp³-hybridized carbons (Fsp3) is 0.273. The van der Waals surface area contributed by atoms with E-state index in [4.69, 9.17) is 10.9 Å². The van der Waals surface area contributed by atoms with E-state index in [1.807, 2.05) is 25.5 Å². The summed E-state index contributed by atoms with van der Waals surface area (Å²) >= 11 is 1.33. The molecule has 0 saturated carbocycles. The van der Waals surface area contributed by atoms with E-state index in [9.17, 15) is 0 Å². The van der Waals surface area contributed by atoms with Crippen LogP contribution in [0.4, 0.5) is 0 Å². The van der Waals surface area contributed by atoms with Gasteiger partial charge in [-0.2, -0.15) is 0 Å². The molecule has 19 heavy (non-hydrogen) atoms. The number of aryl methyl sites for hydroxylation is 2. The van der Waals surface area contributed by atoms with E-state index in [0.29, 0.717) is 15.7 Å². The van der Waals surface area contributed by atoms with Crippen LogP contribution in [0.1, 0.15) is 17.1 Å². The van der Waals surface area contributed by atoms with Crippen molar-refractivity contribution in [2.45, 2.75) is 24.0 Å². The molecule has 0 aliphatic heterocycles. The molecule has 100 valence electrons. The summed E-state index contributed by atoms with van der Waals surface area (Å²) in [6.45, 7) is 3.74. The molecule has 2 heterocycles. The SMILES string of the molecule is Cc1ccc(C(N)=NO)c(Sc2nnc(C)n2C)n1. The fourth-order valence-corrected chi connectivity index (χ4v) is 2.42. The molecule has 8 heteroatoms. The highest BCUT2D eigenvalue weighted by atomic mass is 32.2. The minimum atomic E-state index is 0.0221. The molecule has 0 saturated heterocycles. The Kier molecular flexibility index (Phi) is 3.70. The molecule has 3 N–H and O–H groups in total. The average Bonchev–Trinajstić information content (AvgIpc) is 2.70. The van der Waals surface area contributed by atoms with Crippen molar-refractivity contribution >= 4 is 17.6 Å². The molecular weight excluding hydrogens is 264 g/mol. The van der Waals surface area contributed by atoms with Crippen LogP contribution in [0.15, 0.2) is 27.5 Å². The van der Waals surface area contributed by atoms with Gasteiger partial charge in [0.15, 0.2) is 11.0 Å². The highest BCUT2D eigenvalue weighted by molar-refractivity contribution is 7.99. The van der Waals surface area contributed by atoms with Gasteiger partial charge in [0, 0.05) is 12.7 Å². The van der Waals surface area contributed by atoms with Crippen molar-refractivity contribution in [2.24, 2.45) is 17.9 Å². The van der Waals surface area contributed by atoms with Gasteiger partial charge in [-0.25, -0.2) is 4.98 Å². The molecule has 0 amide bonds. The van der Waals surface area contributed by atoms with Crippen LogP contribution in [0.2, 0.25) is 0 Å². The van der Waals surface area contributed by atoms with E-state index >= 15 is 0 Å². The maximum Gasteiger partial charge on any atom is 0.197 e. The zero-order valence-electron chi connectivity index (χ0n) is 10.8. The van der Waals surface area contributed by atoms with Gasteiger partial charge in [0.25, 0.3) is 0 Å². The van der Waals surface area contributed by atoms with Crippen LogP contribution >= 0.6 is 11.8 Å². The molecule has 0 spiro atoms. The van der Waals surface area contributed by atoms with Crippen molar-refractivity contribution in [2.75, 3.05) is 0 Å². The molecule has 2 aromatic rings. The van der Waals surface area contributed by atoms with Crippen LogP contribution in [0.3, 0.4) is 0 Å². The number of nitrogens with zero attached hydrogens (tertiary/aromatic N) is 5. The maximum atomic E-state index is 8.80. The summed E-state index contributed by atoms with van der Waals surface area (Å²) in [5.74, 6) is 0.828. The number of aromatic nitrogens is 4. The van der Waals surface area contributed by atoms with Gasteiger partial charge in [0.1, 0.15) is 10.9 Å². The zero-order valence-corrected chi connectivity index (χ0v) is 11.6. The lowest BCUT2D eigenvalue weighted by Crippen LogP contribution is -2.15. The molecule has 0 unspecified atom stereocenters. The van der Waals surface area contributed by atoms with E-state index < -0.39 is 0 Å². The molecule has 2 rings (SSSR count). The molecule has 2 aromatic heterocycles. The van der Waals surface area contributed by atoms with Gasteiger partial charge >= 0.3 is 0 Å². The van der Waals surface area contributed by atoms with Crippen LogP contribution in [0.5, 0.6) is 0 Å². The summed E-state index contributed by atoms with van der Waals surface area (Å²) in [6.07, 6.45) is 0. The van der Waals surface area contributed by atoms with E-state index in [1.165, 1.54) is 11.8 Å². The predicted molar refractivity (Wildman–Crippen MR) is 71.3 cm³/mol. The first-order valence-corrected chi connectivity index (χ1v) is 6.34. The maximum absolute atomic E-state index is 8.80. The topological polar surface area (TPSA) is 102 Å². The summed E-state index contributed by atoms with van der Waals surface area (Å²) in [6, 6.07) is 3.57. The number of amidine groups is 1. The van der Waals surface area contributed by atoms with Crippen molar-refractivity contribution < 1.29 is 5.21 Å². The fourth-order valence-electron chi connectivity index (χ4n) is 1.42. The second-order valence-corrected chi connectivity index (χ2v) is 4.94. The van der Waals surface area contributed by atoms with Crippen LogP contribution in [0.25, 0.3) is 0 Å². The van der Waals surface area contributed by atoms with Gasteiger partial charge in [-0.3, -0.25) is 0 Å². The Balaban J connectivity index is 2.44. The van der Waals surface area contributed by atoms with Gasteiger partial charge in [-0.05, 0) is 37.7 Å². The average molecular weight is 278 g/mol. The van der Waals surface area contributed by atoms with Crippen LogP contribution in [-0.4, -0.2) is 30.8 Å². The molecule has 0 radical (unpaired) electrons. The summed E-state index contributed by atoms with van der Waals surface area (Å²) in [5.41, 5.74) is 7.06. The molecular formula is C11H14N6OS. The van der Waals surface area contributed by atoms with E-state index in [1.54, 1.807) is 12.1 Å². The van der Waals surface area contributed by atoms with Gasteiger partial charge in [-0.15, -0.1) is 10.2 Å².